The van der Waals surface area contributed by atoms with Crippen molar-refractivity contribution in [3.05, 3.63) is 22.7 Å². The summed E-state index contributed by atoms with van der Waals surface area (Å²) in [5.41, 5.74) is 0.327. The Balaban J connectivity index is 2.12. The van der Waals surface area contributed by atoms with E-state index in [1.54, 1.807) is 0 Å². The van der Waals surface area contributed by atoms with Gasteiger partial charge in [0.15, 0.2) is 5.69 Å². The molecule has 1 aliphatic heterocycles. The zero-order chi connectivity index (χ0) is 15.6. The van der Waals surface area contributed by atoms with Gasteiger partial charge < -0.3 is 4.90 Å². The Hall–Kier alpha value is -1.20. The molecule has 0 unspecified atom stereocenters. The smallest absolute Gasteiger partial charge is 0.274 e. The van der Waals surface area contributed by atoms with Gasteiger partial charge in [-0.3, -0.25) is 9.69 Å². The van der Waals surface area contributed by atoms with E-state index in [-0.39, 0.29) is 11.8 Å². The first-order valence-electron chi connectivity index (χ1n) is 7.46. The van der Waals surface area contributed by atoms with Crippen LogP contribution in [0.25, 0.3) is 0 Å². The maximum Gasteiger partial charge on any atom is 0.274 e. The number of aromatic nitrogens is 2. The second-order valence-electron chi connectivity index (χ2n) is 6.00. The zero-order valence-electron chi connectivity index (χ0n) is 13.1. The number of carbonyl (C=O) groups excluding carboxylic acids is 1. The fourth-order valence-electron chi connectivity index (χ4n) is 2.40. The molecular weight excluding hydrogens is 288 g/mol. The first kappa shape index (κ1) is 16.2. The summed E-state index contributed by atoms with van der Waals surface area (Å²) in [4.78, 5) is 25.3. The van der Waals surface area contributed by atoms with E-state index in [2.05, 4.69) is 28.7 Å². The summed E-state index contributed by atoms with van der Waals surface area (Å²) >= 11 is 6.11. The van der Waals surface area contributed by atoms with E-state index in [1.165, 1.54) is 6.20 Å². The Morgan fingerprint density at radius 1 is 1.19 bits per heavy atom. The number of carbonyl (C=O) groups is 1. The SMILES string of the molecule is CC(C)c1ncc(Cl)c(C(=O)N2CCN(C(C)C)CC2)n1. The molecule has 0 bridgehead atoms. The summed E-state index contributed by atoms with van der Waals surface area (Å²) in [6, 6.07) is 0.512. The quantitative estimate of drug-likeness (QED) is 0.860. The molecule has 1 amide bonds. The maximum absolute atomic E-state index is 12.6. The predicted molar refractivity (Wildman–Crippen MR) is 83.7 cm³/mol. The van der Waals surface area contributed by atoms with Crippen molar-refractivity contribution in [2.24, 2.45) is 0 Å². The van der Waals surface area contributed by atoms with Crippen molar-refractivity contribution >= 4 is 17.5 Å². The van der Waals surface area contributed by atoms with Crippen molar-refractivity contribution < 1.29 is 4.79 Å². The van der Waals surface area contributed by atoms with Crippen LogP contribution in [0.2, 0.25) is 5.02 Å². The van der Waals surface area contributed by atoms with Crippen molar-refractivity contribution in [3.8, 4) is 0 Å². The molecule has 0 spiro atoms. The highest BCUT2D eigenvalue weighted by atomic mass is 35.5. The van der Waals surface area contributed by atoms with Gasteiger partial charge in [-0.2, -0.15) is 0 Å². The van der Waals surface area contributed by atoms with Gasteiger partial charge in [-0.1, -0.05) is 25.4 Å². The molecule has 2 rings (SSSR count). The highest BCUT2D eigenvalue weighted by Crippen LogP contribution is 2.19. The van der Waals surface area contributed by atoms with Gasteiger partial charge in [0.1, 0.15) is 5.82 Å². The fourth-order valence-corrected chi connectivity index (χ4v) is 2.57. The molecule has 0 saturated carbocycles. The molecule has 116 valence electrons. The van der Waals surface area contributed by atoms with Crippen LogP contribution in [-0.4, -0.2) is 57.9 Å². The molecule has 0 atom stereocenters. The first-order valence-corrected chi connectivity index (χ1v) is 7.83. The molecule has 1 fully saturated rings. The second-order valence-corrected chi connectivity index (χ2v) is 6.41. The number of amides is 1. The molecule has 1 aliphatic rings. The molecule has 0 N–H and O–H groups in total. The summed E-state index contributed by atoms with van der Waals surface area (Å²) in [5, 5.41) is 0.329. The molecule has 21 heavy (non-hydrogen) atoms. The first-order chi connectivity index (χ1) is 9.90. The highest BCUT2D eigenvalue weighted by Gasteiger charge is 2.26. The summed E-state index contributed by atoms with van der Waals surface area (Å²) < 4.78 is 0. The van der Waals surface area contributed by atoms with Crippen LogP contribution in [0.15, 0.2) is 6.20 Å². The predicted octanol–water partition coefficient (Wildman–Crippen LogP) is 2.42. The monoisotopic (exact) mass is 310 g/mol. The lowest BCUT2D eigenvalue weighted by molar-refractivity contribution is 0.0589. The van der Waals surface area contributed by atoms with Crippen molar-refractivity contribution in [3.63, 3.8) is 0 Å². The van der Waals surface area contributed by atoms with E-state index in [0.29, 0.717) is 35.7 Å². The molecule has 1 saturated heterocycles. The molecule has 6 heteroatoms. The maximum atomic E-state index is 12.6. The fraction of sp³-hybridized carbons (Fsp3) is 0.667. The number of hydrogen-bond acceptors (Lipinski definition) is 4. The Kier molecular flexibility index (Phi) is 5.17. The second kappa shape index (κ2) is 6.71. The zero-order valence-corrected chi connectivity index (χ0v) is 13.9. The van der Waals surface area contributed by atoms with Crippen LogP contribution in [0.3, 0.4) is 0 Å². The van der Waals surface area contributed by atoms with Gasteiger partial charge in [0.25, 0.3) is 5.91 Å². The Labute approximate surface area is 131 Å². The summed E-state index contributed by atoms with van der Waals surface area (Å²) in [6.45, 7) is 11.6. The van der Waals surface area contributed by atoms with Crippen LogP contribution in [0.4, 0.5) is 0 Å². The van der Waals surface area contributed by atoms with E-state index in [0.717, 1.165) is 13.1 Å². The number of hydrogen-bond donors (Lipinski definition) is 0. The lowest BCUT2D eigenvalue weighted by Gasteiger charge is -2.36. The van der Waals surface area contributed by atoms with E-state index in [4.69, 9.17) is 11.6 Å². The largest absolute Gasteiger partial charge is 0.335 e. The van der Waals surface area contributed by atoms with Crippen molar-refractivity contribution in [1.29, 1.82) is 0 Å². The van der Waals surface area contributed by atoms with Gasteiger partial charge in [0.05, 0.1) is 11.2 Å². The molecule has 2 heterocycles. The molecule has 0 radical (unpaired) electrons. The number of nitrogens with zero attached hydrogens (tertiary/aromatic N) is 4. The van der Waals surface area contributed by atoms with Gasteiger partial charge in [-0.25, -0.2) is 9.97 Å². The van der Waals surface area contributed by atoms with Crippen LogP contribution < -0.4 is 0 Å². The average Bonchev–Trinajstić information content (AvgIpc) is 2.47. The Morgan fingerprint density at radius 3 is 2.33 bits per heavy atom. The molecule has 5 nitrogen and oxygen atoms in total. The minimum Gasteiger partial charge on any atom is -0.335 e. The topological polar surface area (TPSA) is 49.3 Å². The van der Waals surface area contributed by atoms with Gasteiger partial charge >= 0.3 is 0 Å². The van der Waals surface area contributed by atoms with Gasteiger partial charge in [0.2, 0.25) is 0 Å². The average molecular weight is 311 g/mol. The van der Waals surface area contributed by atoms with Crippen LogP contribution in [0.1, 0.15) is 49.9 Å². The number of piperazine rings is 1. The van der Waals surface area contributed by atoms with Crippen LogP contribution in [0.5, 0.6) is 0 Å². The van der Waals surface area contributed by atoms with Gasteiger partial charge in [0, 0.05) is 38.1 Å². The molecule has 1 aromatic rings. The third-order valence-corrected chi connectivity index (χ3v) is 4.09. The van der Waals surface area contributed by atoms with Crippen molar-refractivity contribution in [2.45, 2.75) is 39.7 Å². The van der Waals surface area contributed by atoms with Crippen LogP contribution in [0, 0.1) is 0 Å². The van der Waals surface area contributed by atoms with Crippen molar-refractivity contribution in [1.82, 2.24) is 19.8 Å². The van der Waals surface area contributed by atoms with Gasteiger partial charge in [-0.15, -0.1) is 0 Å². The highest BCUT2D eigenvalue weighted by molar-refractivity contribution is 6.33. The van der Waals surface area contributed by atoms with Crippen LogP contribution >= 0.6 is 11.6 Å². The minimum absolute atomic E-state index is 0.0901. The lowest BCUT2D eigenvalue weighted by atomic mass is 10.2. The summed E-state index contributed by atoms with van der Waals surface area (Å²) in [6.07, 6.45) is 1.53. The summed E-state index contributed by atoms with van der Waals surface area (Å²) in [7, 11) is 0. The third-order valence-electron chi connectivity index (χ3n) is 3.81. The van der Waals surface area contributed by atoms with E-state index in [9.17, 15) is 4.79 Å². The van der Waals surface area contributed by atoms with Crippen LogP contribution in [-0.2, 0) is 0 Å². The van der Waals surface area contributed by atoms with E-state index < -0.39 is 0 Å². The molecule has 0 aromatic carbocycles. The Bertz CT molecular complexity index is 510. The summed E-state index contributed by atoms with van der Waals surface area (Å²) in [5.74, 6) is 0.739. The number of rotatable bonds is 3. The molecule has 1 aromatic heterocycles. The van der Waals surface area contributed by atoms with Crippen molar-refractivity contribution in [2.75, 3.05) is 26.2 Å². The minimum atomic E-state index is -0.0901. The van der Waals surface area contributed by atoms with Gasteiger partial charge in [-0.05, 0) is 13.8 Å². The normalized spacial score (nSPS) is 16.8. The van der Waals surface area contributed by atoms with E-state index >= 15 is 0 Å². The standard InChI is InChI=1S/C15H23ClN4O/c1-10(2)14-17-9-12(16)13(18-14)15(21)20-7-5-19(6-8-20)11(3)4/h9-11H,5-8H2,1-4H3. The number of halogens is 1. The Morgan fingerprint density at radius 2 is 1.81 bits per heavy atom. The molecular formula is C15H23ClN4O. The molecule has 0 aliphatic carbocycles. The third kappa shape index (κ3) is 3.71. The van der Waals surface area contributed by atoms with E-state index in [1.807, 2.05) is 18.7 Å². The lowest BCUT2D eigenvalue weighted by Crippen LogP contribution is -2.50.